The van der Waals surface area contributed by atoms with Gasteiger partial charge < -0.3 is 30.3 Å². The fourth-order valence-corrected chi connectivity index (χ4v) is 2.06. The summed E-state index contributed by atoms with van der Waals surface area (Å²) >= 11 is 0. The van der Waals surface area contributed by atoms with Crippen molar-refractivity contribution in [2.75, 3.05) is 0 Å². The Hall–Kier alpha value is -4.38. The first-order chi connectivity index (χ1) is 11.4. The summed E-state index contributed by atoms with van der Waals surface area (Å²) in [6, 6.07) is 0. The molecule has 0 aliphatic carbocycles. The Morgan fingerprint density at radius 2 is 0.667 bits per heavy atom. The summed E-state index contributed by atoms with van der Waals surface area (Å²) in [4.78, 5) is 32.7. The average Bonchev–Trinajstić information content (AvgIpc) is 3.21. The molecule has 120 valence electrons. The summed E-state index contributed by atoms with van der Waals surface area (Å²) in [6.07, 6.45) is 0. The van der Waals surface area contributed by atoms with E-state index in [4.69, 9.17) is 0 Å². The topological polar surface area (TPSA) is 222 Å². The predicted octanol–water partition coefficient (Wildman–Crippen LogP) is -1.96. The van der Waals surface area contributed by atoms with E-state index < -0.39 is 15.1 Å². The van der Waals surface area contributed by atoms with Crippen LogP contribution < -0.4 is 0 Å². The summed E-state index contributed by atoms with van der Waals surface area (Å²) in [5.41, 5.74) is -1.43. The van der Waals surface area contributed by atoms with Crippen LogP contribution in [0.1, 0.15) is 0 Å². The SMILES string of the molecule is O=[N+]([O-])n1nc2c3nn([N+](=O)[O-])nc3c3nn([N+](=O)[O-])nc3c2n1. The lowest BCUT2D eigenvalue weighted by atomic mass is 10.2. The number of fused-ring (bicyclic) bond motifs is 6. The molecule has 0 saturated heterocycles. The molecule has 1 aromatic carbocycles. The maximum atomic E-state index is 10.8. The summed E-state index contributed by atoms with van der Waals surface area (Å²) in [5, 5.41) is 50.7. The zero-order valence-corrected chi connectivity index (χ0v) is 10.8. The van der Waals surface area contributed by atoms with Gasteiger partial charge in [-0.1, -0.05) is 0 Å². The van der Waals surface area contributed by atoms with Crippen molar-refractivity contribution in [2.45, 2.75) is 0 Å². The smallest absolute Gasteiger partial charge is 0.263 e. The number of nitro groups is 3. The van der Waals surface area contributed by atoms with Gasteiger partial charge in [-0.05, 0) is 0 Å². The first-order valence-electron chi connectivity index (χ1n) is 5.74. The molecule has 0 aliphatic heterocycles. The largest absolute Gasteiger partial charge is 0.372 e. The lowest BCUT2D eigenvalue weighted by molar-refractivity contribution is -0.563. The zero-order chi connectivity index (χ0) is 17.2. The Morgan fingerprint density at radius 3 is 0.792 bits per heavy atom. The Balaban J connectivity index is 2.25. The van der Waals surface area contributed by atoms with Gasteiger partial charge in [0.05, 0.1) is 0 Å². The quantitative estimate of drug-likeness (QED) is 0.293. The number of nitrogens with zero attached hydrogens (tertiary/aromatic N) is 12. The van der Waals surface area contributed by atoms with Crippen molar-refractivity contribution in [3.8, 4) is 0 Å². The fraction of sp³-hybridized carbons (Fsp3) is 0. The number of aromatic nitrogens is 9. The fourth-order valence-electron chi connectivity index (χ4n) is 2.06. The molecule has 3 heterocycles. The minimum atomic E-state index is -0.979. The molecule has 0 spiro atoms. The Kier molecular flexibility index (Phi) is 2.26. The van der Waals surface area contributed by atoms with Crippen LogP contribution in [-0.4, -0.2) is 60.4 Å². The highest BCUT2D eigenvalue weighted by Gasteiger charge is 2.35. The van der Waals surface area contributed by atoms with Crippen LogP contribution in [0.2, 0.25) is 0 Å². The highest BCUT2D eigenvalue weighted by Crippen LogP contribution is 2.28. The lowest BCUT2D eigenvalue weighted by Crippen LogP contribution is -2.12. The second-order valence-electron chi connectivity index (χ2n) is 4.21. The maximum Gasteiger partial charge on any atom is 0.263 e. The van der Waals surface area contributed by atoms with Crippen LogP contribution in [0.3, 0.4) is 0 Å². The third kappa shape index (κ3) is 1.57. The van der Waals surface area contributed by atoms with Gasteiger partial charge >= 0.3 is 0 Å². The minimum absolute atomic E-state index is 0.0832. The minimum Gasteiger partial charge on any atom is -0.372 e. The summed E-state index contributed by atoms with van der Waals surface area (Å²) in [7, 11) is 0. The summed E-state index contributed by atoms with van der Waals surface area (Å²) < 4.78 is 0. The molecular formula is C6N12O6. The van der Waals surface area contributed by atoms with Crippen molar-refractivity contribution in [1.29, 1.82) is 0 Å². The second kappa shape index (κ2) is 4.08. The molecule has 0 radical (unpaired) electrons. The van der Waals surface area contributed by atoms with Crippen molar-refractivity contribution >= 4 is 33.1 Å². The zero-order valence-electron chi connectivity index (χ0n) is 10.8. The van der Waals surface area contributed by atoms with E-state index in [1.165, 1.54) is 0 Å². The van der Waals surface area contributed by atoms with Crippen LogP contribution in [0, 0.1) is 30.3 Å². The van der Waals surface area contributed by atoms with E-state index in [-0.39, 0.29) is 47.8 Å². The molecular weight excluding hydrogens is 336 g/mol. The standard InChI is InChI=1S/C6N12O6/c19-16(20)13-7-1-2(8-13)4-6(12-15(11-4)18(23)24)5-3(1)9-14(10-5)17(21)22. The van der Waals surface area contributed by atoms with Crippen molar-refractivity contribution in [1.82, 2.24) is 45.3 Å². The normalized spacial score (nSPS) is 11.5. The maximum absolute atomic E-state index is 10.8. The van der Waals surface area contributed by atoms with E-state index in [0.717, 1.165) is 0 Å². The molecule has 0 saturated carbocycles. The van der Waals surface area contributed by atoms with Gasteiger partial charge in [0.25, 0.3) is 33.1 Å². The molecule has 0 bridgehead atoms. The number of rotatable bonds is 3. The van der Waals surface area contributed by atoms with Crippen LogP contribution in [-0.2, 0) is 0 Å². The van der Waals surface area contributed by atoms with E-state index in [1.54, 1.807) is 0 Å². The molecule has 4 rings (SSSR count). The van der Waals surface area contributed by atoms with E-state index in [1.807, 2.05) is 0 Å². The van der Waals surface area contributed by atoms with E-state index in [9.17, 15) is 30.3 Å². The Morgan fingerprint density at radius 1 is 0.500 bits per heavy atom. The molecule has 18 nitrogen and oxygen atoms in total. The molecule has 0 atom stereocenters. The van der Waals surface area contributed by atoms with E-state index in [2.05, 4.69) is 30.6 Å². The van der Waals surface area contributed by atoms with Crippen LogP contribution in [0.5, 0.6) is 0 Å². The molecule has 0 aliphatic rings. The van der Waals surface area contributed by atoms with Gasteiger partial charge in [-0.15, -0.1) is 0 Å². The molecule has 24 heavy (non-hydrogen) atoms. The highest BCUT2D eigenvalue weighted by atomic mass is 16.7. The van der Waals surface area contributed by atoms with Gasteiger partial charge in [0.2, 0.25) is 0 Å². The number of hydrogen-bond acceptors (Lipinski definition) is 12. The van der Waals surface area contributed by atoms with Crippen LogP contribution in [0.25, 0.3) is 33.1 Å². The van der Waals surface area contributed by atoms with Crippen molar-refractivity contribution in [3.63, 3.8) is 0 Å². The summed E-state index contributed by atoms with van der Waals surface area (Å²) in [5.74, 6) is 0. The van der Waals surface area contributed by atoms with Crippen molar-refractivity contribution in [3.05, 3.63) is 30.3 Å². The van der Waals surface area contributed by atoms with Gasteiger partial charge in [-0.2, -0.15) is 0 Å². The molecule has 3 aromatic heterocycles. The molecule has 0 amide bonds. The third-order valence-corrected chi connectivity index (χ3v) is 2.92. The first-order valence-corrected chi connectivity index (χ1v) is 5.74. The van der Waals surface area contributed by atoms with Gasteiger partial charge in [-0.3, -0.25) is 0 Å². The van der Waals surface area contributed by atoms with Crippen LogP contribution >= 0.6 is 0 Å². The van der Waals surface area contributed by atoms with Crippen molar-refractivity contribution in [2.24, 2.45) is 0 Å². The predicted molar refractivity (Wildman–Crippen MR) is 66.9 cm³/mol. The third-order valence-electron chi connectivity index (χ3n) is 2.92. The van der Waals surface area contributed by atoms with Crippen molar-refractivity contribution < 1.29 is 15.1 Å². The lowest BCUT2D eigenvalue weighted by Gasteiger charge is -1.85. The van der Waals surface area contributed by atoms with Crippen LogP contribution in [0.4, 0.5) is 0 Å². The molecule has 4 aromatic rings. The van der Waals surface area contributed by atoms with Crippen LogP contribution in [0.15, 0.2) is 0 Å². The van der Waals surface area contributed by atoms with Gasteiger partial charge in [0.15, 0.2) is 0 Å². The van der Waals surface area contributed by atoms with E-state index in [0.29, 0.717) is 0 Å². The second-order valence-corrected chi connectivity index (χ2v) is 4.21. The number of hydrogen-bond donors (Lipinski definition) is 0. The van der Waals surface area contributed by atoms with Gasteiger partial charge in [0, 0.05) is 45.7 Å². The molecule has 0 N–H and O–H groups in total. The molecule has 18 heteroatoms. The monoisotopic (exact) mass is 336 g/mol. The van der Waals surface area contributed by atoms with Gasteiger partial charge in [0.1, 0.15) is 14.7 Å². The highest BCUT2D eigenvalue weighted by molar-refractivity contribution is 6.17. The molecule has 0 fully saturated rings. The summed E-state index contributed by atoms with van der Waals surface area (Å²) in [6.45, 7) is 0. The average molecular weight is 336 g/mol. The number of benzene rings is 1. The Labute approximate surface area is 125 Å². The van der Waals surface area contributed by atoms with Gasteiger partial charge in [-0.25, -0.2) is 0 Å². The first kappa shape index (κ1) is 13.3. The van der Waals surface area contributed by atoms with E-state index >= 15 is 0 Å². The Bertz CT molecular complexity index is 951. The molecule has 0 unspecified atom stereocenters.